The SMILES string of the molecule is CCC(CCN)CCC(=O)N(Cc1ccsc1)C1CC1. The molecular weight excluding hydrogens is 268 g/mol. The third-order valence-corrected chi connectivity index (χ3v) is 4.89. The molecule has 1 aliphatic rings. The van der Waals surface area contributed by atoms with E-state index in [0.29, 0.717) is 24.3 Å². The van der Waals surface area contributed by atoms with Crippen molar-refractivity contribution in [3.05, 3.63) is 22.4 Å². The minimum Gasteiger partial charge on any atom is -0.335 e. The lowest BCUT2D eigenvalue weighted by atomic mass is 9.96. The lowest BCUT2D eigenvalue weighted by molar-refractivity contribution is -0.132. The minimum atomic E-state index is 0.328. The van der Waals surface area contributed by atoms with Gasteiger partial charge in [-0.15, -0.1) is 0 Å². The largest absolute Gasteiger partial charge is 0.335 e. The number of thiophene rings is 1. The summed E-state index contributed by atoms with van der Waals surface area (Å²) >= 11 is 1.70. The van der Waals surface area contributed by atoms with E-state index in [1.807, 2.05) is 0 Å². The van der Waals surface area contributed by atoms with Crippen LogP contribution in [0.2, 0.25) is 0 Å². The molecule has 0 aromatic carbocycles. The van der Waals surface area contributed by atoms with Crippen molar-refractivity contribution in [2.75, 3.05) is 6.54 Å². The van der Waals surface area contributed by atoms with Crippen LogP contribution < -0.4 is 5.73 Å². The predicted molar refractivity (Wildman–Crippen MR) is 84.6 cm³/mol. The Kier molecular flexibility index (Phi) is 6.05. The van der Waals surface area contributed by atoms with Crippen molar-refractivity contribution in [2.45, 2.75) is 58.0 Å². The average molecular weight is 294 g/mol. The van der Waals surface area contributed by atoms with Crippen LogP contribution in [0.25, 0.3) is 0 Å². The van der Waals surface area contributed by atoms with E-state index in [0.717, 1.165) is 32.4 Å². The maximum atomic E-state index is 12.5. The average Bonchev–Trinajstić information content (AvgIpc) is 3.17. The van der Waals surface area contributed by atoms with E-state index in [2.05, 4.69) is 28.7 Å². The van der Waals surface area contributed by atoms with E-state index < -0.39 is 0 Å². The quantitative estimate of drug-likeness (QED) is 0.759. The normalized spacial score (nSPS) is 16.1. The summed E-state index contributed by atoms with van der Waals surface area (Å²) in [6.45, 7) is 3.71. The van der Waals surface area contributed by atoms with Crippen molar-refractivity contribution in [1.29, 1.82) is 0 Å². The first-order chi connectivity index (χ1) is 9.74. The summed E-state index contributed by atoms with van der Waals surface area (Å²) in [7, 11) is 0. The lowest BCUT2D eigenvalue weighted by Crippen LogP contribution is -2.32. The van der Waals surface area contributed by atoms with E-state index >= 15 is 0 Å². The molecule has 1 fully saturated rings. The second kappa shape index (κ2) is 7.79. The van der Waals surface area contributed by atoms with Gasteiger partial charge in [-0.25, -0.2) is 0 Å². The highest BCUT2D eigenvalue weighted by molar-refractivity contribution is 7.07. The summed E-state index contributed by atoms with van der Waals surface area (Å²) in [5.41, 5.74) is 6.89. The number of nitrogens with zero attached hydrogens (tertiary/aromatic N) is 1. The zero-order valence-corrected chi connectivity index (χ0v) is 13.2. The maximum absolute atomic E-state index is 12.5. The Morgan fingerprint density at radius 1 is 1.50 bits per heavy atom. The van der Waals surface area contributed by atoms with Crippen LogP contribution in [-0.4, -0.2) is 23.4 Å². The first-order valence-electron chi connectivity index (χ1n) is 7.75. The summed E-state index contributed by atoms with van der Waals surface area (Å²) in [4.78, 5) is 14.6. The van der Waals surface area contributed by atoms with Gasteiger partial charge in [-0.1, -0.05) is 13.3 Å². The van der Waals surface area contributed by atoms with Gasteiger partial charge >= 0.3 is 0 Å². The number of nitrogens with two attached hydrogens (primary N) is 1. The third-order valence-electron chi connectivity index (χ3n) is 4.16. The van der Waals surface area contributed by atoms with E-state index in [4.69, 9.17) is 5.73 Å². The molecule has 1 aliphatic carbocycles. The Morgan fingerprint density at radius 2 is 2.30 bits per heavy atom. The fourth-order valence-electron chi connectivity index (χ4n) is 2.65. The molecule has 1 aromatic rings. The van der Waals surface area contributed by atoms with E-state index in [1.54, 1.807) is 11.3 Å². The van der Waals surface area contributed by atoms with E-state index in [9.17, 15) is 4.79 Å². The van der Waals surface area contributed by atoms with Gasteiger partial charge in [-0.3, -0.25) is 4.79 Å². The van der Waals surface area contributed by atoms with Gasteiger partial charge in [0.1, 0.15) is 0 Å². The minimum absolute atomic E-state index is 0.328. The molecule has 1 heterocycles. The van der Waals surface area contributed by atoms with Crippen LogP contribution >= 0.6 is 11.3 Å². The summed E-state index contributed by atoms with van der Waals surface area (Å²) in [6, 6.07) is 2.62. The second-order valence-corrected chi connectivity index (χ2v) is 6.55. The molecule has 0 radical (unpaired) electrons. The van der Waals surface area contributed by atoms with Crippen LogP contribution in [0.5, 0.6) is 0 Å². The van der Waals surface area contributed by atoms with Crippen molar-refractivity contribution in [3.63, 3.8) is 0 Å². The van der Waals surface area contributed by atoms with Crippen LogP contribution in [-0.2, 0) is 11.3 Å². The maximum Gasteiger partial charge on any atom is 0.223 e. The number of carbonyl (C=O) groups excluding carboxylic acids is 1. The molecule has 112 valence electrons. The van der Waals surface area contributed by atoms with Crippen LogP contribution in [0.4, 0.5) is 0 Å². The fraction of sp³-hybridized carbons (Fsp3) is 0.688. The molecule has 1 amide bonds. The van der Waals surface area contributed by atoms with Crippen molar-refractivity contribution in [1.82, 2.24) is 4.90 Å². The Balaban J connectivity index is 1.84. The van der Waals surface area contributed by atoms with Gasteiger partial charge < -0.3 is 10.6 Å². The highest BCUT2D eigenvalue weighted by Crippen LogP contribution is 2.30. The zero-order chi connectivity index (χ0) is 14.4. The Morgan fingerprint density at radius 3 is 2.85 bits per heavy atom. The first-order valence-corrected chi connectivity index (χ1v) is 8.69. The van der Waals surface area contributed by atoms with Crippen LogP contribution in [0.3, 0.4) is 0 Å². The number of rotatable bonds is 9. The molecule has 2 rings (SSSR count). The van der Waals surface area contributed by atoms with Crippen LogP contribution in [0, 0.1) is 5.92 Å². The molecule has 0 spiro atoms. The van der Waals surface area contributed by atoms with Gasteiger partial charge in [0, 0.05) is 19.0 Å². The second-order valence-electron chi connectivity index (χ2n) is 5.77. The highest BCUT2D eigenvalue weighted by atomic mass is 32.1. The molecule has 1 atom stereocenters. The molecule has 20 heavy (non-hydrogen) atoms. The highest BCUT2D eigenvalue weighted by Gasteiger charge is 2.32. The summed E-state index contributed by atoms with van der Waals surface area (Å²) in [6.07, 6.45) is 6.18. The van der Waals surface area contributed by atoms with Crippen LogP contribution in [0.15, 0.2) is 16.8 Å². The molecule has 3 nitrogen and oxygen atoms in total. The Hall–Kier alpha value is -0.870. The first kappa shape index (κ1) is 15.5. The number of hydrogen-bond donors (Lipinski definition) is 1. The van der Waals surface area contributed by atoms with Gasteiger partial charge in [0.25, 0.3) is 0 Å². The number of amides is 1. The topological polar surface area (TPSA) is 46.3 Å². The number of carbonyl (C=O) groups is 1. The van der Waals surface area contributed by atoms with Gasteiger partial charge in [0.05, 0.1) is 0 Å². The smallest absolute Gasteiger partial charge is 0.223 e. The van der Waals surface area contributed by atoms with Gasteiger partial charge in [-0.05, 0) is 60.5 Å². The lowest BCUT2D eigenvalue weighted by Gasteiger charge is -2.23. The van der Waals surface area contributed by atoms with E-state index in [1.165, 1.54) is 18.4 Å². The molecule has 0 saturated heterocycles. The van der Waals surface area contributed by atoms with Crippen molar-refractivity contribution < 1.29 is 4.79 Å². The molecule has 1 unspecified atom stereocenters. The summed E-state index contributed by atoms with van der Waals surface area (Å²) in [5, 5.41) is 4.23. The standard InChI is InChI=1S/C16H26N2OS/c1-2-13(7-9-17)3-6-16(19)18(15-4-5-15)11-14-8-10-20-12-14/h8,10,12-13,15H,2-7,9,11,17H2,1H3. The summed E-state index contributed by atoms with van der Waals surface area (Å²) < 4.78 is 0. The summed E-state index contributed by atoms with van der Waals surface area (Å²) in [5.74, 6) is 0.931. The van der Waals surface area contributed by atoms with Gasteiger partial charge in [-0.2, -0.15) is 11.3 Å². The fourth-order valence-corrected chi connectivity index (χ4v) is 3.31. The monoisotopic (exact) mass is 294 g/mol. The molecule has 4 heteroatoms. The van der Waals surface area contributed by atoms with Gasteiger partial charge in [0.15, 0.2) is 0 Å². The Labute approximate surface area is 126 Å². The van der Waals surface area contributed by atoms with Crippen molar-refractivity contribution >= 4 is 17.2 Å². The Bertz CT molecular complexity index is 401. The molecule has 0 aliphatic heterocycles. The number of hydrogen-bond acceptors (Lipinski definition) is 3. The molecule has 2 N–H and O–H groups in total. The van der Waals surface area contributed by atoms with Gasteiger partial charge in [0.2, 0.25) is 5.91 Å². The molecule has 1 aromatic heterocycles. The van der Waals surface area contributed by atoms with Crippen molar-refractivity contribution in [3.8, 4) is 0 Å². The molecule has 0 bridgehead atoms. The zero-order valence-electron chi connectivity index (χ0n) is 12.4. The molecule has 1 saturated carbocycles. The third kappa shape index (κ3) is 4.60. The predicted octanol–water partition coefficient (Wildman–Crippen LogP) is 3.39. The van der Waals surface area contributed by atoms with Crippen LogP contribution in [0.1, 0.15) is 51.0 Å². The van der Waals surface area contributed by atoms with E-state index in [-0.39, 0.29) is 0 Å². The van der Waals surface area contributed by atoms with Crippen molar-refractivity contribution in [2.24, 2.45) is 11.7 Å². The molecular formula is C16H26N2OS.